The third-order valence-corrected chi connectivity index (χ3v) is 5.37. The molecule has 1 N–H and O–H groups in total. The zero-order valence-electron chi connectivity index (χ0n) is 14.1. The molecule has 130 valence electrons. The fourth-order valence-electron chi connectivity index (χ4n) is 3.28. The number of nitrogens with one attached hydrogen (secondary N) is 1. The number of benzene rings is 1. The molecule has 4 heterocycles. The van der Waals surface area contributed by atoms with Gasteiger partial charge in [0.05, 0.1) is 5.52 Å². The number of amides is 1. The van der Waals surface area contributed by atoms with Gasteiger partial charge in [-0.1, -0.05) is 12.1 Å². The van der Waals surface area contributed by atoms with Crippen molar-refractivity contribution in [2.45, 2.75) is 12.5 Å². The molecule has 4 aromatic rings. The Morgan fingerprint density at radius 1 is 1.23 bits per heavy atom. The van der Waals surface area contributed by atoms with Crippen LogP contribution in [-0.2, 0) is 4.79 Å². The van der Waals surface area contributed by atoms with E-state index in [1.807, 2.05) is 48.1 Å². The second-order valence-electron chi connectivity index (χ2n) is 6.38. The van der Waals surface area contributed by atoms with E-state index in [0.29, 0.717) is 11.8 Å². The lowest BCUT2D eigenvalue weighted by Gasteiger charge is -2.14. The van der Waals surface area contributed by atoms with Gasteiger partial charge in [-0.25, -0.2) is 9.97 Å². The van der Waals surface area contributed by atoms with Gasteiger partial charge < -0.3 is 10.2 Å². The summed E-state index contributed by atoms with van der Waals surface area (Å²) in [5.74, 6) is 1.27. The first kappa shape index (κ1) is 15.3. The maximum absolute atomic E-state index is 12.3. The predicted octanol–water partition coefficient (Wildman–Crippen LogP) is 2.65. The molecule has 1 amide bonds. The van der Waals surface area contributed by atoms with Crippen molar-refractivity contribution >= 4 is 39.7 Å². The van der Waals surface area contributed by atoms with Crippen LogP contribution >= 0.6 is 11.3 Å². The lowest BCUT2D eigenvalue weighted by atomic mass is 10.2. The Hall–Kier alpha value is -3.00. The quantitative estimate of drug-likeness (QED) is 0.605. The van der Waals surface area contributed by atoms with Gasteiger partial charge in [-0.15, -0.1) is 5.10 Å². The van der Waals surface area contributed by atoms with Crippen LogP contribution in [-0.4, -0.2) is 50.0 Å². The molecular formula is C18H16N6OS. The molecule has 1 atom stereocenters. The number of aromatic nitrogens is 4. The molecule has 3 aromatic heterocycles. The van der Waals surface area contributed by atoms with E-state index in [4.69, 9.17) is 9.97 Å². The van der Waals surface area contributed by atoms with Crippen molar-refractivity contribution in [1.29, 1.82) is 0 Å². The van der Waals surface area contributed by atoms with E-state index in [1.165, 1.54) is 0 Å². The number of carbonyl (C=O) groups is 1. The number of hydrogen-bond donors (Lipinski definition) is 1. The van der Waals surface area contributed by atoms with E-state index in [2.05, 4.69) is 10.4 Å². The molecule has 1 aliphatic heterocycles. The number of likely N-dealkylation sites (N-methyl/N-ethyl adjacent to an activating group) is 1. The lowest BCUT2D eigenvalue weighted by molar-refractivity contribution is -0.127. The van der Waals surface area contributed by atoms with Crippen LogP contribution in [0.1, 0.15) is 6.42 Å². The van der Waals surface area contributed by atoms with Crippen molar-refractivity contribution in [2.24, 2.45) is 0 Å². The smallest absolute Gasteiger partial charge is 0.244 e. The van der Waals surface area contributed by atoms with Gasteiger partial charge in [-0.2, -0.15) is 15.9 Å². The molecule has 1 aliphatic rings. The number of likely N-dealkylation sites (tertiary alicyclic amines) is 1. The SMILES string of the molecule is CN1CC[C@@H](Nc2nc3ccccc3c3nc(-c4ccsc4)nn23)C1=O. The summed E-state index contributed by atoms with van der Waals surface area (Å²) in [6, 6.07) is 9.55. The van der Waals surface area contributed by atoms with Gasteiger partial charge in [0.15, 0.2) is 11.5 Å². The van der Waals surface area contributed by atoms with Crippen molar-refractivity contribution in [3.05, 3.63) is 41.1 Å². The Balaban J connectivity index is 1.69. The summed E-state index contributed by atoms with van der Waals surface area (Å²) >= 11 is 1.61. The third kappa shape index (κ3) is 2.33. The van der Waals surface area contributed by atoms with Crippen LogP contribution in [0.2, 0.25) is 0 Å². The van der Waals surface area contributed by atoms with E-state index >= 15 is 0 Å². The molecule has 8 heteroatoms. The zero-order valence-corrected chi connectivity index (χ0v) is 14.9. The number of rotatable bonds is 3. The Morgan fingerprint density at radius 2 is 2.12 bits per heavy atom. The van der Waals surface area contributed by atoms with E-state index in [-0.39, 0.29) is 11.9 Å². The average Bonchev–Trinajstić information content (AvgIpc) is 3.38. The number of carbonyl (C=O) groups excluding carboxylic acids is 1. The van der Waals surface area contributed by atoms with Crippen LogP contribution in [0, 0.1) is 0 Å². The Bertz CT molecular complexity index is 1120. The van der Waals surface area contributed by atoms with Crippen molar-refractivity contribution in [2.75, 3.05) is 18.9 Å². The average molecular weight is 364 g/mol. The number of thiophene rings is 1. The van der Waals surface area contributed by atoms with E-state index in [1.54, 1.807) is 20.8 Å². The molecule has 1 saturated heterocycles. The number of anilines is 1. The third-order valence-electron chi connectivity index (χ3n) is 4.69. The van der Waals surface area contributed by atoms with Gasteiger partial charge in [0.1, 0.15) is 6.04 Å². The van der Waals surface area contributed by atoms with Crippen LogP contribution in [0.15, 0.2) is 41.1 Å². The Kier molecular flexibility index (Phi) is 3.39. The van der Waals surface area contributed by atoms with Crippen molar-refractivity contribution < 1.29 is 4.79 Å². The molecule has 5 rings (SSSR count). The fourth-order valence-corrected chi connectivity index (χ4v) is 3.91. The lowest BCUT2D eigenvalue weighted by Crippen LogP contribution is -2.32. The summed E-state index contributed by atoms with van der Waals surface area (Å²) in [5.41, 5.74) is 2.54. The van der Waals surface area contributed by atoms with Crippen LogP contribution in [0.5, 0.6) is 0 Å². The maximum Gasteiger partial charge on any atom is 0.244 e. The van der Waals surface area contributed by atoms with E-state index in [0.717, 1.165) is 35.1 Å². The summed E-state index contributed by atoms with van der Waals surface area (Å²) in [4.78, 5) is 23.5. The summed E-state index contributed by atoms with van der Waals surface area (Å²) in [6.07, 6.45) is 0.747. The molecule has 0 unspecified atom stereocenters. The molecule has 7 nitrogen and oxygen atoms in total. The van der Waals surface area contributed by atoms with Crippen LogP contribution in [0.25, 0.3) is 27.9 Å². The largest absolute Gasteiger partial charge is 0.344 e. The molecule has 26 heavy (non-hydrogen) atoms. The zero-order chi connectivity index (χ0) is 17.7. The molecule has 0 aliphatic carbocycles. The minimum Gasteiger partial charge on any atom is -0.344 e. The fraction of sp³-hybridized carbons (Fsp3) is 0.222. The number of para-hydroxylation sites is 1. The van der Waals surface area contributed by atoms with Gasteiger partial charge in [-0.3, -0.25) is 4.79 Å². The van der Waals surface area contributed by atoms with Crippen molar-refractivity contribution in [1.82, 2.24) is 24.5 Å². The van der Waals surface area contributed by atoms with Crippen molar-refractivity contribution in [3.8, 4) is 11.4 Å². The number of nitrogens with zero attached hydrogens (tertiary/aromatic N) is 5. The first-order valence-corrected chi connectivity index (χ1v) is 9.34. The monoisotopic (exact) mass is 364 g/mol. The van der Waals surface area contributed by atoms with Crippen LogP contribution in [0.3, 0.4) is 0 Å². The van der Waals surface area contributed by atoms with Crippen LogP contribution < -0.4 is 5.32 Å². The standard InChI is InChI=1S/C18H16N6OS/c1-23-8-6-14(17(23)25)20-18-19-13-5-3-2-4-12(13)16-21-15(22-24(16)18)11-7-9-26-10-11/h2-5,7,9-10,14H,6,8H2,1H3,(H,19,20)/t14-/m1/s1. The normalized spacial score (nSPS) is 17.5. The van der Waals surface area contributed by atoms with Crippen LogP contribution in [0.4, 0.5) is 5.95 Å². The molecule has 0 radical (unpaired) electrons. The molecule has 1 aromatic carbocycles. The number of fused-ring (bicyclic) bond motifs is 3. The molecule has 0 bridgehead atoms. The van der Waals surface area contributed by atoms with Crippen molar-refractivity contribution in [3.63, 3.8) is 0 Å². The summed E-state index contributed by atoms with van der Waals surface area (Å²) in [7, 11) is 1.82. The summed E-state index contributed by atoms with van der Waals surface area (Å²) in [5, 5.41) is 12.9. The topological polar surface area (TPSA) is 75.4 Å². The van der Waals surface area contributed by atoms with E-state index < -0.39 is 0 Å². The van der Waals surface area contributed by atoms with E-state index in [9.17, 15) is 4.79 Å². The second kappa shape index (κ2) is 5.77. The minimum atomic E-state index is -0.286. The molecule has 0 saturated carbocycles. The highest BCUT2D eigenvalue weighted by atomic mass is 32.1. The highest BCUT2D eigenvalue weighted by Crippen LogP contribution is 2.26. The molecule has 1 fully saturated rings. The predicted molar refractivity (Wildman–Crippen MR) is 101 cm³/mol. The molecular weight excluding hydrogens is 348 g/mol. The summed E-state index contributed by atoms with van der Waals surface area (Å²) in [6.45, 7) is 0.741. The van der Waals surface area contributed by atoms with Gasteiger partial charge in [0.2, 0.25) is 11.9 Å². The van der Waals surface area contributed by atoms with Gasteiger partial charge >= 0.3 is 0 Å². The van der Waals surface area contributed by atoms with Gasteiger partial charge in [0.25, 0.3) is 0 Å². The second-order valence-corrected chi connectivity index (χ2v) is 7.16. The highest BCUT2D eigenvalue weighted by Gasteiger charge is 2.30. The highest BCUT2D eigenvalue weighted by molar-refractivity contribution is 7.08. The first-order valence-electron chi connectivity index (χ1n) is 8.40. The maximum atomic E-state index is 12.3. The van der Waals surface area contributed by atoms with Gasteiger partial charge in [0, 0.05) is 29.9 Å². The minimum absolute atomic E-state index is 0.0753. The first-order chi connectivity index (χ1) is 12.7. The Morgan fingerprint density at radius 3 is 2.88 bits per heavy atom. The number of hydrogen-bond acceptors (Lipinski definition) is 6. The summed E-state index contributed by atoms with van der Waals surface area (Å²) < 4.78 is 1.71. The van der Waals surface area contributed by atoms with Gasteiger partial charge in [-0.05, 0) is 30.0 Å². The Labute approximate surface area is 153 Å². The molecule has 0 spiro atoms.